The minimum atomic E-state index is -0.761. The largest absolute Gasteiger partial charge is 0.462 e. The molecular weight excluding hydrogens is 949 g/mol. The van der Waals surface area contributed by atoms with Crippen LogP contribution in [0.3, 0.4) is 0 Å². The summed E-state index contributed by atoms with van der Waals surface area (Å²) in [6, 6.07) is 0. The van der Waals surface area contributed by atoms with Gasteiger partial charge in [0, 0.05) is 19.3 Å². The van der Waals surface area contributed by atoms with E-state index in [-0.39, 0.29) is 31.1 Å². The molecule has 0 aromatic carbocycles. The van der Waals surface area contributed by atoms with Gasteiger partial charge in [-0.25, -0.2) is 0 Å². The molecule has 458 valence electrons. The van der Waals surface area contributed by atoms with Crippen molar-refractivity contribution in [1.29, 1.82) is 0 Å². The van der Waals surface area contributed by atoms with Gasteiger partial charge in [0.1, 0.15) is 13.2 Å². The average molecular weight is 1090 g/mol. The fourth-order valence-electron chi connectivity index (χ4n) is 11.3. The molecule has 0 heterocycles. The molecule has 0 fully saturated rings. The molecular formula is C71H138O6. The standard InChI is InChI=1S/C71H138O6/c1-4-7-10-13-16-19-21-23-25-27-28-29-30-31-32-33-34-35-36-37-38-39-40-41-42-43-44-46-47-49-52-55-58-61-64-70(73)76-67-68(66-75-69(72)63-60-57-54-51-18-15-12-9-6-3)77-71(74)65-62-59-56-53-50-48-45-26-24-22-20-17-14-11-8-5-2/h68H,4-67H2,1-3H3. The van der Waals surface area contributed by atoms with E-state index in [1.165, 1.54) is 321 Å². The summed E-state index contributed by atoms with van der Waals surface area (Å²) in [5, 5.41) is 0. The van der Waals surface area contributed by atoms with E-state index in [2.05, 4.69) is 20.8 Å². The molecule has 6 nitrogen and oxygen atoms in total. The van der Waals surface area contributed by atoms with Crippen LogP contribution < -0.4 is 0 Å². The van der Waals surface area contributed by atoms with Crippen LogP contribution in [0, 0.1) is 0 Å². The zero-order chi connectivity index (χ0) is 55.7. The summed E-state index contributed by atoms with van der Waals surface area (Å²) >= 11 is 0. The predicted molar refractivity (Wildman–Crippen MR) is 335 cm³/mol. The van der Waals surface area contributed by atoms with Crippen LogP contribution in [0.2, 0.25) is 0 Å². The van der Waals surface area contributed by atoms with Crippen molar-refractivity contribution in [3.63, 3.8) is 0 Å². The zero-order valence-corrected chi connectivity index (χ0v) is 52.8. The third kappa shape index (κ3) is 65.1. The maximum atomic E-state index is 12.9. The van der Waals surface area contributed by atoms with Crippen LogP contribution in [0.5, 0.6) is 0 Å². The van der Waals surface area contributed by atoms with Crippen molar-refractivity contribution < 1.29 is 28.6 Å². The van der Waals surface area contributed by atoms with Crippen LogP contribution in [0.25, 0.3) is 0 Å². The van der Waals surface area contributed by atoms with E-state index in [4.69, 9.17) is 14.2 Å². The Hall–Kier alpha value is -1.59. The van der Waals surface area contributed by atoms with Gasteiger partial charge in [-0.1, -0.05) is 380 Å². The molecule has 1 unspecified atom stereocenters. The first-order valence-electron chi connectivity index (χ1n) is 35.5. The highest BCUT2D eigenvalue weighted by Gasteiger charge is 2.19. The molecule has 0 radical (unpaired) electrons. The number of carbonyl (C=O) groups is 3. The second-order valence-corrected chi connectivity index (χ2v) is 24.5. The molecule has 0 aliphatic rings. The highest BCUT2D eigenvalue weighted by atomic mass is 16.6. The molecule has 0 saturated heterocycles. The van der Waals surface area contributed by atoms with Crippen molar-refractivity contribution in [3.05, 3.63) is 0 Å². The summed E-state index contributed by atoms with van der Waals surface area (Å²) in [7, 11) is 0. The monoisotopic (exact) mass is 1090 g/mol. The Bertz CT molecular complexity index is 1160. The fourth-order valence-corrected chi connectivity index (χ4v) is 11.3. The summed E-state index contributed by atoms with van der Waals surface area (Å²) in [6.45, 7) is 6.71. The molecule has 6 heteroatoms. The summed E-state index contributed by atoms with van der Waals surface area (Å²) < 4.78 is 16.9. The Labute approximate surface area is 482 Å². The van der Waals surface area contributed by atoms with Crippen molar-refractivity contribution in [1.82, 2.24) is 0 Å². The molecule has 0 spiro atoms. The van der Waals surface area contributed by atoms with Crippen molar-refractivity contribution >= 4 is 17.9 Å². The van der Waals surface area contributed by atoms with Gasteiger partial charge in [-0.05, 0) is 19.3 Å². The quantitative estimate of drug-likeness (QED) is 0.0343. The van der Waals surface area contributed by atoms with Crippen LogP contribution in [0.1, 0.15) is 419 Å². The second-order valence-electron chi connectivity index (χ2n) is 24.5. The number of rotatable bonds is 67. The number of hydrogen-bond donors (Lipinski definition) is 0. The zero-order valence-electron chi connectivity index (χ0n) is 52.8. The van der Waals surface area contributed by atoms with Gasteiger partial charge < -0.3 is 14.2 Å². The summed E-state index contributed by atoms with van der Waals surface area (Å²) in [6.07, 6.45) is 78.9. The van der Waals surface area contributed by atoms with E-state index in [9.17, 15) is 14.4 Å². The van der Waals surface area contributed by atoms with Gasteiger partial charge in [0.2, 0.25) is 0 Å². The molecule has 0 N–H and O–H groups in total. The average Bonchev–Trinajstić information content (AvgIpc) is 3.43. The molecule has 0 amide bonds. The Kier molecular flexibility index (Phi) is 65.5. The number of esters is 3. The van der Waals surface area contributed by atoms with Crippen molar-refractivity contribution in [3.8, 4) is 0 Å². The first kappa shape index (κ1) is 75.4. The smallest absolute Gasteiger partial charge is 0.306 e. The van der Waals surface area contributed by atoms with Crippen LogP contribution >= 0.6 is 0 Å². The minimum Gasteiger partial charge on any atom is -0.462 e. The molecule has 1 atom stereocenters. The van der Waals surface area contributed by atoms with Crippen molar-refractivity contribution in [2.75, 3.05) is 13.2 Å². The lowest BCUT2D eigenvalue weighted by atomic mass is 10.0. The number of ether oxygens (including phenoxy) is 3. The van der Waals surface area contributed by atoms with Crippen LogP contribution in [-0.2, 0) is 28.6 Å². The van der Waals surface area contributed by atoms with Crippen LogP contribution in [0.15, 0.2) is 0 Å². The van der Waals surface area contributed by atoms with Crippen molar-refractivity contribution in [2.45, 2.75) is 425 Å². The highest BCUT2D eigenvalue weighted by Crippen LogP contribution is 2.20. The lowest BCUT2D eigenvalue weighted by molar-refractivity contribution is -0.167. The maximum absolute atomic E-state index is 12.9. The third-order valence-corrected chi connectivity index (χ3v) is 16.6. The first-order valence-corrected chi connectivity index (χ1v) is 35.5. The molecule has 77 heavy (non-hydrogen) atoms. The van der Waals surface area contributed by atoms with Crippen LogP contribution in [-0.4, -0.2) is 37.2 Å². The van der Waals surface area contributed by atoms with E-state index < -0.39 is 6.10 Å². The summed E-state index contributed by atoms with van der Waals surface area (Å²) in [4.78, 5) is 38.2. The fraction of sp³-hybridized carbons (Fsp3) is 0.958. The SMILES string of the molecule is CCCCCCCCCCCCCCCCCCCCCCCCCCCCCCCCCCCCC(=O)OCC(COC(=O)CCCCCCCCCCC)OC(=O)CCCCCCCCCCCCCCCCCC. The minimum absolute atomic E-state index is 0.0610. The van der Waals surface area contributed by atoms with E-state index in [0.717, 1.165) is 57.8 Å². The summed E-state index contributed by atoms with van der Waals surface area (Å²) in [5.74, 6) is -0.830. The van der Waals surface area contributed by atoms with Gasteiger partial charge in [-0.15, -0.1) is 0 Å². The van der Waals surface area contributed by atoms with E-state index in [1.807, 2.05) is 0 Å². The Morgan fingerprint density at radius 2 is 0.351 bits per heavy atom. The number of hydrogen-bond acceptors (Lipinski definition) is 6. The molecule has 0 aromatic heterocycles. The molecule has 0 aliphatic carbocycles. The third-order valence-electron chi connectivity index (χ3n) is 16.6. The molecule has 0 rings (SSSR count). The van der Waals surface area contributed by atoms with E-state index >= 15 is 0 Å². The molecule has 0 bridgehead atoms. The Balaban J connectivity index is 3.94. The van der Waals surface area contributed by atoms with Crippen LogP contribution in [0.4, 0.5) is 0 Å². The molecule has 0 aromatic rings. The van der Waals surface area contributed by atoms with Gasteiger partial charge in [0.05, 0.1) is 0 Å². The van der Waals surface area contributed by atoms with E-state index in [1.54, 1.807) is 0 Å². The molecule has 0 aliphatic heterocycles. The lowest BCUT2D eigenvalue weighted by Gasteiger charge is -2.18. The summed E-state index contributed by atoms with van der Waals surface area (Å²) in [5.41, 5.74) is 0. The van der Waals surface area contributed by atoms with Gasteiger partial charge in [0.25, 0.3) is 0 Å². The molecule has 0 saturated carbocycles. The maximum Gasteiger partial charge on any atom is 0.306 e. The van der Waals surface area contributed by atoms with Gasteiger partial charge in [-0.3, -0.25) is 14.4 Å². The van der Waals surface area contributed by atoms with Gasteiger partial charge >= 0.3 is 17.9 Å². The Morgan fingerprint density at radius 3 is 0.519 bits per heavy atom. The van der Waals surface area contributed by atoms with Gasteiger partial charge in [-0.2, -0.15) is 0 Å². The van der Waals surface area contributed by atoms with E-state index in [0.29, 0.717) is 19.3 Å². The highest BCUT2D eigenvalue weighted by molar-refractivity contribution is 5.71. The lowest BCUT2D eigenvalue weighted by Crippen LogP contribution is -2.30. The Morgan fingerprint density at radius 1 is 0.208 bits per heavy atom. The first-order chi connectivity index (χ1) is 38.0. The topological polar surface area (TPSA) is 78.9 Å². The second kappa shape index (κ2) is 66.9. The normalized spacial score (nSPS) is 11.9. The van der Waals surface area contributed by atoms with Crippen molar-refractivity contribution in [2.24, 2.45) is 0 Å². The van der Waals surface area contributed by atoms with Gasteiger partial charge in [0.15, 0.2) is 6.10 Å². The number of carbonyl (C=O) groups excluding carboxylic acids is 3. The predicted octanol–water partition coefficient (Wildman–Crippen LogP) is 24.2. The number of unbranched alkanes of at least 4 members (excludes halogenated alkanes) is 56.